The molecule has 82 valence electrons. The van der Waals surface area contributed by atoms with E-state index >= 15 is 0 Å². The number of hydrogen-bond donors (Lipinski definition) is 3. The van der Waals surface area contributed by atoms with Crippen LogP contribution in [0.4, 0.5) is 0 Å². The minimum atomic E-state index is -2.02. The summed E-state index contributed by atoms with van der Waals surface area (Å²) in [5.41, 5.74) is 0. The highest BCUT2D eigenvalue weighted by Gasteiger charge is 2.19. The fourth-order valence-corrected chi connectivity index (χ4v) is 1.80. The van der Waals surface area contributed by atoms with Crippen LogP contribution in [-0.4, -0.2) is 22.5 Å². The number of halogens is 1. The molecule has 0 bridgehead atoms. The molecule has 0 radical (unpaired) electrons. The van der Waals surface area contributed by atoms with Crippen molar-refractivity contribution in [1.82, 2.24) is 0 Å². The molecular weight excluding hydrogens is 230 g/mol. The van der Waals surface area contributed by atoms with E-state index in [1.807, 2.05) is 0 Å². The number of benzene rings is 2. The first kappa shape index (κ1) is 11.1. The summed E-state index contributed by atoms with van der Waals surface area (Å²) in [6.45, 7) is 0. The van der Waals surface area contributed by atoms with E-state index in [2.05, 4.69) is 4.65 Å². The third kappa shape index (κ3) is 1.93. The fraction of sp³-hybridized carbons (Fsp3) is 0. The lowest BCUT2D eigenvalue weighted by Crippen LogP contribution is -2.20. The van der Waals surface area contributed by atoms with Gasteiger partial charge in [0.1, 0.15) is 0 Å². The first-order valence-corrected chi connectivity index (χ1v) is 4.90. The van der Waals surface area contributed by atoms with E-state index in [-0.39, 0.29) is 16.5 Å². The maximum atomic E-state index is 9.61. The Hall–Kier alpha value is -1.43. The molecule has 2 aromatic rings. The molecule has 2 rings (SSSR count). The highest BCUT2D eigenvalue weighted by Crippen LogP contribution is 2.40. The summed E-state index contributed by atoms with van der Waals surface area (Å²) < 4.78 is 4.61. The zero-order valence-corrected chi connectivity index (χ0v) is 8.85. The number of phenols is 1. The Balaban J connectivity index is 2.65. The van der Waals surface area contributed by atoms with Crippen molar-refractivity contribution in [2.24, 2.45) is 0 Å². The first-order chi connectivity index (χ1) is 7.59. The third-order valence-electron chi connectivity index (χ3n) is 2.14. The van der Waals surface area contributed by atoms with E-state index in [9.17, 15) is 5.11 Å². The van der Waals surface area contributed by atoms with Crippen LogP contribution in [0.5, 0.6) is 11.5 Å². The monoisotopic (exact) mass is 238 g/mol. The van der Waals surface area contributed by atoms with Gasteiger partial charge >= 0.3 is 7.32 Å². The average Bonchev–Trinajstić information content (AvgIpc) is 2.24. The van der Waals surface area contributed by atoms with Crippen LogP contribution in [0.1, 0.15) is 0 Å². The van der Waals surface area contributed by atoms with E-state index in [1.165, 1.54) is 6.07 Å². The first-order valence-electron chi connectivity index (χ1n) is 4.52. The van der Waals surface area contributed by atoms with Crippen LogP contribution >= 0.6 is 11.6 Å². The standard InChI is InChI=1S/C10H8BClO4/c12-9-7-4-2-1-3-6(7)5-8(13)10(9)16-11(14)15/h1-5,13-15H. The summed E-state index contributed by atoms with van der Waals surface area (Å²) in [7, 11) is -2.02. The fourth-order valence-electron chi connectivity index (χ4n) is 1.49. The Labute approximate surface area is 96.8 Å². The van der Waals surface area contributed by atoms with E-state index in [1.54, 1.807) is 24.3 Å². The van der Waals surface area contributed by atoms with Gasteiger partial charge < -0.3 is 19.8 Å². The van der Waals surface area contributed by atoms with Gasteiger partial charge in [0.2, 0.25) is 0 Å². The highest BCUT2D eigenvalue weighted by atomic mass is 35.5. The molecule has 0 fully saturated rings. The molecule has 0 aliphatic rings. The summed E-state index contributed by atoms with van der Waals surface area (Å²) in [5.74, 6) is -0.382. The number of phenolic OH excluding ortho intramolecular Hbond substituents is 1. The van der Waals surface area contributed by atoms with Crippen LogP contribution in [0.25, 0.3) is 10.8 Å². The topological polar surface area (TPSA) is 69.9 Å². The van der Waals surface area contributed by atoms with Crippen LogP contribution in [0.15, 0.2) is 30.3 Å². The summed E-state index contributed by atoms with van der Waals surface area (Å²) in [4.78, 5) is 0. The molecule has 4 nitrogen and oxygen atoms in total. The Bertz CT molecular complexity index is 529. The molecule has 0 aliphatic heterocycles. The molecule has 0 atom stereocenters. The summed E-state index contributed by atoms with van der Waals surface area (Å²) in [6, 6.07) is 8.55. The number of rotatable bonds is 2. The Kier molecular flexibility index (Phi) is 2.91. The average molecular weight is 238 g/mol. The number of aromatic hydroxyl groups is 1. The van der Waals surface area contributed by atoms with Crippen molar-refractivity contribution < 1.29 is 19.8 Å². The quantitative estimate of drug-likeness (QED) is 0.694. The molecule has 6 heteroatoms. The third-order valence-corrected chi connectivity index (χ3v) is 2.52. The molecule has 0 saturated heterocycles. The molecule has 2 aromatic carbocycles. The summed E-state index contributed by atoms with van der Waals surface area (Å²) >= 11 is 5.98. The van der Waals surface area contributed by atoms with Crippen LogP contribution < -0.4 is 4.65 Å². The maximum Gasteiger partial charge on any atom is 0.707 e. The molecule has 0 heterocycles. The highest BCUT2D eigenvalue weighted by molar-refractivity contribution is 6.39. The lowest BCUT2D eigenvalue weighted by molar-refractivity contribution is 0.281. The van der Waals surface area contributed by atoms with Gasteiger partial charge in [-0.2, -0.15) is 0 Å². The van der Waals surface area contributed by atoms with Gasteiger partial charge in [0.15, 0.2) is 11.5 Å². The molecule has 0 aromatic heterocycles. The zero-order valence-electron chi connectivity index (χ0n) is 8.09. The van der Waals surface area contributed by atoms with E-state index in [4.69, 9.17) is 21.6 Å². The molecule has 0 amide bonds. The van der Waals surface area contributed by atoms with Gasteiger partial charge in [0.05, 0.1) is 5.02 Å². The molecule has 0 aliphatic carbocycles. The molecular formula is C10H8BClO4. The van der Waals surface area contributed by atoms with Gasteiger partial charge in [0.25, 0.3) is 0 Å². The SMILES string of the molecule is OB(O)Oc1c(O)cc2ccccc2c1Cl. The van der Waals surface area contributed by atoms with Gasteiger partial charge in [-0.15, -0.1) is 0 Å². The van der Waals surface area contributed by atoms with Gasteiger partial charge in [-0.25, -0.2) is 0 Å². The van der Waals surface area contributed by atoms with Gasteiger partial charge in [-0.1, -0.05) is 35.9 Å². The normalized spacial score (nSPS) is 10.4. The summed E-state index contributed by atoms with van der Waals surface area (Å²) in [5, 5.41) is 28.5. The second-order valence-electron chi connectivity index (χ2n) is 3.20. The van der Waals surface area contributed by atoms with Crippen molar-refractivity contribution >= 4 is 29.7 Å². The molecule has 0 unspecified atom stereocenters. The zero-order chi connectivity index (χ0) is 11.7. The second kappa shape index (κ2) is 4.21. The lowest BCUT2D eigenvalue weighted by atomic mass is 10.1. The van der Waals surface area contributed by atoms with Crippen LogP contribution in [0.3, 0.4) is 0 Å². The Morgan fingerprint density at radius 2 is 1.88 bits per heavy atom. The van der Waals surface area contributed by atoms with Crippen LogP contribution in [-0.2, 0) is 0 Å². The van der Waals surface area contributed by atoms with Crippen molar-refractivity contribution in [3.63, 3.8) is 0 Å². The predicted molar refractivity (Wildman–Crippen MR) is 61.4 cm³/mol. The van der Waals surface area contributed by atoms with E-state index in [0.29, 0.717) is 5.39 Å². The van der Waals surface area contributed by atoms with Crippen molar-refractivity contribution in [2.75, 3.05) is 0 Å². The van der Waals surface area contributed by atoms with Gasteiger partial charge in [-0.05, 0) is 11.5 Å². The Morgan fingerprint density at radius 3 is 2.56 bits per heavy atom. The van der Waals surface area contributed by atoms with Crippen molar-refractivity contribution in [1.29, 1.82) is 0 Å². The van der Waals surface area contributed by atoms with Gasteiger partial charge in [-0.3, -0.25) is 0 Å². The molecule has 0 spiro atoms. The second-order valence-corrected chi connectivity index (χ2v) is 3.58. The van der Waals surface area contributed by atoms with Crippen LogP contribution in [0.2, 0.25) is 5.02 Å². The largest absolute Gasteiger partial charge is 0.707 e. The summed E-state index contributed by atoms with van der Waals surface area (Å²) in [6.07, 6.45) is 0. The maximum absolute atomic E-state index is 9.61. The molecule has 16 heavy (non-hydrogen) atoms. The van der Waals surface area contributed by atoms with Crippen molar-refractivity contribution in [2.45, 2.75) is 0 Å². The minimum Gasteiger partial charge on any atom is -0.508 e. The Morgan fingerprint density at radius 1 is 1.19 bits per heavy atom. The lowest BCUT2D eigenvalue weighted by Gasteiger charge is -2.11. The molecule has 0 saturated carbocycles. The number of fused-ring (bicyclic) bond motifs is 1. The van der Waals surface area contributed by atoms with E-state index in [0.717, 1.165) is 5.39 Å². The van der Waals surface area contributed by atoms with Crippen molar-refractivity contribution in [3.8, 4) is 11.5 Å². The number of hydrogen-bond acceptors (Lipinski definition) is 4. The van der Waals surface area contributed by atoms with E-state index < -0.39 is 7.32 Å². The minimum absolute atomic E-state index is 0.142. The van der Waals surface area contributed by atoms with Gasteiger partial charge in [0, 0.05) is 5.39 Å². The van der Waals surface area contributed by atoms with Crippen molar-refractivity contribution in [3.05, 3.63) is 35.4 Å². The smallest absolute Gasteiger partial charge is 0.508 e. The molecule has 3 N–H and O–H groups in total. The predicted octanol–water partition coefficient (Wildman–Crippen LogP) is 1.55. The van der Waals surface area contributed by atoms with Crippen LogP contribution in [0, 0.1) is 0 Å².